The monoisotopic (exact) mass is 308 g/mol. The Bertz CT molecular complexity index is 583. The van der Waals surface area contributed by atoms with Gasteiger partial charge in [0.25, 0.3) is 5.91 Å². The van der Waals surface area contributed by atoms with Gasteiger partial charge in [-0.15, -0.1) is 12.6 Å². The fraction of sp³-hybridized carbons (Fsp3) is 0.286. The summed E-state index contributed by atoms with van der Waals surface area (Å²) in [5, 5.41) is 11.9. The number of carbonyl (C=O) groups excluding carboxylic acids is 2. The molecule has 1 aliphatic rings. The number of β-amino-alcohol motifs (C(OH)–C–C–N with tert-alkyl or cyclic N) is 1. The number of nitrogens with one attached hydrogen (secondary N) is 1. The first kappa shape index (κ1) is 15.4. The number of hydrogen-bond donors (Lipinski definition) is 3. The van der Waals surface area contributed by atoms with E-state index >= 15 is 0 Å². The zero-order chi connectivity index (χ0) is 15.4. The maximum atomic E-state index is 12.3. The first-order valence-electron chi connectivity index (χ1n) is 6.34. The molecule has 1 amide bonds. The van der Waals surface area contributed by atoms with Crippen LogP contribution in [0.4, 0.5) is 5.69 Å². The van der Waals surface area contributed by atoms with Crippen LogP contribution in [-0.4, -0.2) is 48.7 Å². The summed E-state index contributed by atoms with van der Waals surface area (Å²) < 4.78 is 4.71. The molecule has 0 fully saturated rings. The molecular formula is C14H16N2O4S. The molecule has 0 aliphatic carbocycles. The minimum atomic E-state index is -0.558. The second-order valence-electron chi connectivity index (χ2n) is 4.47. The molecule has 112 valence electrons. The molecule has 2 N–H and O–H groups in total. The van der Waals surface area contributed by atoms with Crippen LogP contribution in [0.1, 0.15) is 0 Å². The quantitative estimate of drug-likeness (QED) is 0.550. The van der Waals surface area contributed by atoms with Crippen molar-refractivity contribution in [3.8, 4) is 0 Å². The molecule has 6 nitrogen and oxygen atoms in total. The van der Waals surface area contributed by atoms with E-state index in [-0.39, 0.29) is 36.9 Å². The number of esters is 1. The second kappa shape index (κ2) is 6.64. The van der Waals surface area contributed by atoms with Crippen molar-refractivity contribution in [2.75, 3.05) is 32.1 Å². The van der Waals surface area contributed by atoms with E-state index < -0.39 is 5.97 Å². The molecule has 21 heavy (non-hydrogen) atoms. The van der Waals surface area contributed by atoms with E-state index in [9.17, 15) is 9.59 Å². The Hall–Kier alpha value is -1.99. The number of hydrogen-bond acceptors (Lipinski definition) is 6. The van der Waals surface area contributed by atoms with Gasteiger partial charge in [-0.25, -0.2) is 4.79 Å². The first-order chi connectivity index (χ1) is 10.1. The Morgan fingerprint density at radius 1 is 1.43 bits per heavy atom. The number of methoxy groups -OCH3 is 1. The van der Waals surface area contributed by atoms with Crippen molar-refractivity contribution >= 4 is 30.2 Å². The fourth-order valence-electron chi connectivity index (χ4n) is 2.04. The van der Waals surface area contributed by atoms with Gasteiger partial charge in [-0.2, -0.15) is 0 Å². The molecule has 0 spiro atoms. The molecule has 0 aromatic heterocycles. The smallest absolute Gasteiger partial charge is 0.337 e. The van der Waals surface area contributed by atoms with Gasteiger partial charge in [0.1, 0.15) is 5.70 Å². The van der Waals surface area contributed by atoms with Gasteiger partial charge in [-0.3, -0.25) is 4.79 Å². The lowest BCUT2D eigenvalue weighted by molar-refractivity contribution is -0.136. The molecular weight excluding hydrogens is 292 g/mol. The van der Waals surface area contributed by atoms with Crippen LogP contribution in [0.15, 0.2) is 40.4 Å². The number of anilines is 1. The normalized spacial score (nSPS) is 14.6. The molecule has 1 aromatic carbocycles. The number of thiol groups is 1. The molecule has 1 heterocycles. The van der Waals surface area contributed by atoms with Crippen LogP contribution in [0.3, 0.4) is 0 Å². The van der Waals surface area contributed by atoms with Crippen molar-refractivity contribution in [3.05, 3.63) is 35.5 Å². The van der Waals surface area contributed by atoms with Gasteiger partial charge < -0.3 is 20.1 Å². The van der Waals surface area contributed by atoms with E-state index in [1.807, 2.05) is 0 Å². The van der Waals surface area contributed by atoms with E-state index in [0.29, 0.717) is 5.69 Å². The Morgan fingerprint density at radius 2 is 2.10 bits per heavy atom. The summed E-state index contributed by atoms with van der Waals surface area (Å²) in [6.45, 7) is 0.126. The maximum Gasteiger partial charge on any atom is 0.337 e. The zero-order valence-corrected chi connectivity index (χ0v) is 12.4. The van der Waals surface area contributed by atoms with Gasteiger partial charge >= 0.3 is 5.97 Å². The van der Waals surface area contributed by atoms with Gasteiger partial charge in [0.05, 0.1) is 25.8 Å². The van der Waals surface area contributed by atoms with Crippen LogP contribution < -0.4 is 5.32 Å². The third kappa shape index (κ3) is 3.37. The number of aliphatic hydroxyl groups is 1. The lowest BCUT2D eigenvalue weighted by Gasteiger charge is -2.15. The average Bonchev–Trinajstić information content (AvgIpc) is 2.78. The highest BCUT2D eigenvalue weighted by Crippen LogP contribution is 2.23. The number of amides is 1. The lowest BCUT2D eigenvalue weighted by atomic mass is 10.2. The van der Waals surface area contributed by atoms with E-state index in [2.05, 4.69) is 17.9 Å². The van der Waals surface area contributed by atoms with Crippen LogP contribution in [0.2, 0.25) is 0 Å². The third-order valence-corrected chi connectivity index (χ3v) is 3.39. The predicted molar refractivity (Wildman–Crippen MR) is 80.0 cm³/mol. The highest BCUT2D eigenvalue weighted by Gasteiger charge is 2.34. The SMILES string of the molecule is COC(=O)C1=C(Nc2ccc(S)cc2)C(=O)N(CCO)C1. The molecule has 2 rings (SSSR count). The summed E-state index contributed by atoms with van der Waals surface area (Å²) in [6.07, 6.45) is 0. The number of nitrogens with zero attached hydrogens (tertiary/aromatic N) is 1. The Morgan fingerprint density at radius 3 is 2.67 bits per heavy atom. The van der Waals surface area contributed by atoms with E-state index in [1.54, 1.807) is 24.3 Å². The molecule has 0 atom stereocenters. The van der Waals surface area contributed by atoms with Gasteiger partial charge in [0.15, 0.2) is 0 Å². The van der Waals surface area contributed by atoms with Crippen molar-refractivity contribution in [1.29, 1.82) is 0 Å². The van der Waals surface area contributed by atoms with E-state index in [1.165, 1.54) is 12.0 Å². The maximum absolute atomic E-state index is 12.3. The van der Waals surface area contributed by atoms with Gasteiger partial charge in [0, 0.05) is 17.1 Å². The number of carbonyl (C=O) groups is 2. The van der Waals surface area contributed by atoms with Crippen molar-refractivity contribution in [3.63, 3.8) is 0 Å². The van der Waals surface area contributed by atoms with Crippen molar-refractivity contribution in [2.24, 2.45) is 0 Å². The van der Waals surface area contributed by atoms with Gasteiger partial charge in [-0.05, 0) is 24.3 Å². The number of rotatable bonds is 5. The molecule has 0 saturated carbocycles. The summed E-state index contributed by atoms with van der Waals surface area (Å²) in [5.41, 5.74) is 1.11. The summed E-state index contributed by atoms with van der Waals surface area (Å²) in [6, 6.07) is 7.06. The van der Waals surface area contributed by atoms with Crippen molar-refractivity contribution in [2.45, 2.75) is 4.90 Å². The van der Waals surface area contributed by atoms with E-state index in [0.717, 1.165) is 4.90 Å². The highest BCUT2D eigenvalue weighted by molar-refractivity contribution is 7.80. The topological polar surface area (TPSA) is 78.9 Å². The lowest BCUT2D eigenvalue weighted by Crippen LogP contribution is -2.31. The molecule has 7 heteroatoms. The van der Waals surface area contributed by atoms with Gasteiger partial charge in [-0.1, -0.05) is 0 Å². The minimum Gasteiger partial charge on any atom is -0.466 e. The molecule has 0 bridgehead atoms. The molecule has 0 saturated heterocycles. The third-order valence-electron chi connectivity index (χ3n) is 3.09. The largest absolute Gasteiger partial charge is 0.466 e. The standard InChI is InChI=1S/C14H16N2O4S/c1-20-14(19)11-8-16(6-7-17)13(18)12(11)15-9-2-4-10(21)5-3-9/h2-5,15,17,21H,6-8H2,1H3. The molecule has 0 radical (unpaired) electrons. The molecule has 1 aliphatic heterocycles. The summed E-state index contributed by atoms with van der Waals surface area (Å²) >= 11 is 4.19. The summed E-state index contributed by atoms with van der Waals surface area (Å²) in [7, 11) is 1.27. The van der Waals surface area contributed by atoms with Crippen LogP contribution >= 0.6 is 12.6 Å². The van der Waals surface area contributed by atoms with Crippen LogP contribution in [-0.2, 0) is 14.3 Å². The predicted octanol–water partition coefficient (Wildman–Crippen LogP) is 0.649. The Labute approximate surface area is 127 Å². The Kier molecular flexibility index (Phi) is 4.87. The average molecular weight is 308 g/mol. The number of ether oxygens (including phenoxy) is 1. The van der Waals surface area contributed by atoms with Crippen LogP contribution in [0.5, 0.6) is 0 Å². The summed E-state index contributed by atoms with van der Waals surface area (Å²) in [4.78, 5) is 26.2. The van der Waals surface area contributed by atoms with Crippen LogP contribution in [0.25, 0.3) is 0 Å². The minimum absolute atomic E-state index is 0.124. The number of aliphatic hydroxyl groups excluding tert-OH is 1. The van der Waals surface area contributed by atoms with Crippen molar-refractivity contribution < 1.29 is 19.4 Å². The van der Waals surface area contributed by atoms with Crippen molar-refractivity contribution in [1.82, 2.24) is 4.90 Å². The number of benzene rings is 1. The summed E-state index contributed by atoms with van der Waals surface area (Å²) in [5.74, 6) is -0.892. The Balaban J connectivity index is 2.28. The first-order valence-corrected chi connectivity index (χ1v) is 6.79. The van der Waals surface area contributed by atoms with Gasteiger partial charge in [0.2, 0.25) is 0 Å². The zero-order valence-electron chi connectivity index (χ0n) is 11.5. The second-order valence-corrected chi connectivity index (χ2v) is 4.98. The highest BCUT2D eigenvalue weighted by atomic mass is 32.1. The fourth-order valence-corrected chi connectivity index (χ4v) is 2.19. The van der Waals surface area contributed by atoms with Crippen LogP contribution in [0, 0.1) is 0 Å². The molecule has 1 aromatic rings. The van der Waals surface area contributed by atoms with E-state index in [4.69, 9.17) is 9.84 Å². The molecule has 0 unspecified atom stereocenters.